The number of Topliss-reactive ketones (excluding diaryl/α,β-unsaturated/α-hetero) is 1. The molecule has 0 spiro atoms. The minimum atomic E-state index is -4.40. The molecular weight excluding hydrogens is 291 g/mol. The molecule has 0 heterocycles. The largest absolute Gasteiger partial charge is 0.417 e. The number of nitrogens with two attached hydrogens (primary N) is 1. The first kappa shape index (κ1) is 16.2. The molecule has 5 heteroatoms. The fourth-order valence-electron chi connectivity index (χ4n) is 2.20. The van der Waals surface area contributed by atoms with Crippen LogP contribution < -0.4 is 5.73 Å². The first-order valence-electron chi connectivity index (χ1n) is 6.80. The van der Waals surface area contributed by atoms with Gasteiger partial charge in [0.25, 0.3) is 0 Å². The van der Waals surface area contributed by atoms with Crippen molar-refractivity contribution < 1.29 is 18.0 Å². The van der Waals surface area contributed by atoms with Crippen LogP contribution in [-0.2, 0) is 17.4 Å². The number of rotatable bonds is 4. The molecule has 0 fully saturated rings. The molecule has 22 heavy (non-hydrogen) atoms. The zero-order valence-corrected chi connectivity index (χ0v) is 12.0. The molecular formula is C17H16F3NO. The zero-order chi connectivity index (χ0) is 16.3. The third-order valence-corrected chi connectivity index (χ3v) is 3.48. The van der Waals surface area contributed by atoms with Gasteiger partial charge in [-0.15, -0.1) is 0 Å². The molecule has 0 saturated heterocycles. The zero-order valence-electron chi connectivity index (χ0n) is 12.0. The van der Waals surface area contributed by atoms with E-state index in [-0.39, 0.29) is 11.3 Å². The van der Waals surface area contributed by atoms with Gasteiger partial charge in [0.05, 0.1) is 11.6 Å². The quantitative estimate of drug-likeness (QED) is 0.933. The van der Waals surface area contributed by atoms with E-state index in [1.807, 2.05) is 0 Å². The lowest BCUT2D eigenvalue weighted by molar-refractivity contribution is -0.137. The van der Waals surface area contributed by atoms with Gasteiger partial charge in [0, 0.05) is 0 Å². The Morgan fingerprint density at radius 3 is 2.23 bits per heavy atom. The van der Waals surface area contributed by atoms with Crippen molar-refractivity contribution in [2.75, 3.05) is 0 Å². The molecule has 2 aromatic rings. The highest BCUT2D eigenvalue weighted by Gasteiger charge is 2.33. The van der Waals surface area contributed by atoms with Crippen molar-refractivity contribution >= 4 is 5.78 Å². The van der Waals surface area contributed by atoms with Gasteiger partial charge in [0.15, 0.2) is 0 Å². The van der Waals surface area contributed by atoms with Crippen LogP contribution in [0.25, 0.3) is 11.1 Å². The Morgan fingerprint density at radius 2 is 1.68 bits per heavy atom. The number of carbonyl (C=O) groups is 1. The number of hydrogen-bond acceptors (Lipinski definition) is 2. The van der Waals surface area contributed by atoms with Crippen molar-refractivity contribution in [1.82, 2.24) is 0 Å². The summed E-state index contributed by atoms with van der Waals surface area (Å²) in [6, 6.07) is 11.5. The second kappa shape index (κ2) is 6.32. The first-order valence-corrected chi connectivity index (χ1v) is 6.80. The molecule has 2 nitrogen and oxygen atoms in total. The van der Waals surface area contributed by atoms with Crippen LogP contribution in [0.1, 0.15) is 18.1 Å². The lowest BCUT2D eigenvalue weighted by atomic mass is 9.96. The number of alkyl halides is 3. The molecule has 2 aromatic carbocycles. The number of hydrogen-bond donors (Lipinski definition) is 1. The molecule has 1 atom stereocenters. The van der Waals surface area contributed by atoms with Gasteiger partial charge in [-0.3, -0.25) is 4.79 Å². The maximum absolute atomic E-state index is 13.0. The molecule has 0 saturated carbocycles. The van der Waals surface area contributed by atoms with Crippen LogP contribution in [0.4, 0.5) is 13.2 Å². The minimum absolute atomic E-state index is 0.119. The van der Waals surface area contributed by atoms with Crippen molar-refractivity contribution in [2.24, 2.45) is 5.73 Å². The highest BCUT2D eigenvalue weighted by molar-refractivity contribution is 5.81. The molecule has 0 aromatic heterocycles. The average Bonchev–Trinajstić information content (AvgIpc) is 2.47. The summed E-state index contributed by atoms with van der Waals surface area (Å²) in [5, 5.41) is 0. The van der Waals surface area contributed by atoms with Crippen LogP contribution in [0, 0.1) is 0 Å². The molecule has 0 aliphatic carbocycles. The van der Waals surface area contributed by atoms with Crippen LogP contribution in [0.5, 0.6) is 0 Å². The number of carbonyl (C=O) groups excluding carboxylic acids is 1. The summed E-state index contributed by atoms with van der Waals surface area (Å²) in [7, 11) is 0. The van der Waals surface area contributed by atoms with E-state index in [2.05, 4.69) is 0 Å². The van der Waals surface area contributed by atoms with E-state index in [4.69, 9.17) is 5.73 Å². The number of halogens is 3. The van der Waals surface area contributed by atoms with Gasteiger partial charge in [-0.1, -0.05) is 42.5 Å². The van der Waals surface area contributed by atoms with Crippen LogP contribution in [0.3, 0.4) is 0 Å². The SMILES string of the molecule is CC(=O)C(N)Cc1ccc(-c2ccccc2C(F)(F)F)cc1. The molecule has 2 rings (SSSR count). The molecule has 0 aliphatic rings. The van der Waals surface area contributed by atoms with Crippen LogP contribution in [-0.4, -0.2) is 11.8 Å². The Kier molecular flexibility index (Phi) is 4.66. The smallest absolute Gasteiger partial charge is 0.321 e. The van der Waals surface area contributed by atoms with E-state index in [1.165, 1.54) is 19.1 Å². The van der Waals surface area contributed by atoms with Gasteiger partial charge in [0.2, 0.25) is 0 Å². The molecule has 0 amide bonds. The lowest BCUT2D eigenvalue weighted by Crippen LogP contribution is -2.30. The molecule has 116 valence electrons. The van der Waals surface area contributed by atoms with Crippen molar-refractivity contribution in [3.63, 3.8) is 0 Å². The molecule has 0 radical (unpaired) electrons. The van der Waals surface area contributed by atoms with Crippen LogP contribution in [0.2, 0.25) is 0 Å². The lowest BCUT2D eigenvalue weighted by Gasteiger charge is -2.13. The van der Waals surface area contributed by atoms with Crippen molar-refractivity contribution in [3.8, 4) is 11.1 Å². The summed E-state index contributed by atoms with van der Waals surface area (Å²) < 4.78 is 39.1. The van der Waals surface area contributed by atoms with Gasteiger partial charge in [-0.2, -0.15) is 13.2 Å². The average molecular weight is 307 g/mol. The Bertz CT molecular complexity index is 662. The van der Waals surface area contributed by atoms with Gasteiger partial charge in [-0.05, 0) is 36.1 Å². The van der Waals surface area contributed by atoms with E-state index in [0.717, 1.165) is 11.6 Å². The fraction of sp³-hybridized carbons (Fsp3) is 0.235. The van der Waals surface area contributed by atoms with Gasteiger partial charge < -0.3 is 5.73 Å². The van der Waals surface area contributed by atoms with Crippen LogP contribution in [0.15, 0.2) is 48.5 Å². The predicted molar refractivity (Wildman–Crippen MR) is 79.2 cm³/mol. The highest BCUT2D eigenvalue weighted by atomic mass is 19.4. The maximum Gasteiger partial charge on any atom is 0.417 e. The first-order chi connectivity index (χ1) is 10.3. The summed E-state index contributed by atoms with van der Waals surface area (Å²) in [5.74, 6) is -0.119. The van der Waals surface area contributed by atoms with Gasteiger partial charge >= 0.3 is 6.18 Å². The van der Waals surface area contributed by atoms with E-state index in [0.29, 0.717) is 12.0 Å². The van der Waals surface area contributed by atoms with E-state index >= 15 is 0 Å². The summed E-state index contributed by atoms with van der Waals surface area (Å²) in [6.07, 6.45) is -4.03. The second-order valence-electron chi connectivity index (χ2n) is 5.16. The summed E-state index contributed by atoms with van der Waals surface area (Å²) in [5.41, 5.74) is 6.45. The topological polar surface area (TPSA) is 43.1 Å². The van der Waals surface area contributed by atoms with Gasteiger partial charge in [0.1, 0.15) is 5.78 Å². The Hall–Kier alpha value is -2.14. The van der Waals surface area contributed by atoms with Crippen molar-refractivity contribution in [3.05, 3.63) is 59.7 Å². The summed E-state index contributed by atoms with van der Waals surface area (Å²) in [6.45, 7) is 1.42. The summed E-state index contributed by atoms with van der Waals surface area (Å²) in [4.78, 5) is 11.1. The monoisotopic (exact) mass is 307 g/mol. The maximum atomic E-state index is 13.0. The van der Waals surface area contributed by atoms with Crippen molar-refractivity contribution in [1.29, 1.82) is 0 Å². The Balaban J connectivity index is 2.30. The van der Waals surface area contributed by atoms with Gasteiger partial charge in [-0.25, -0.2) is 0 Å². The van der Waals surface area contributed by atoms with E-state index in [9.17, 15) is 18.0 Å². The van der Waals surface area contributed by atoms with E-state index < -0.39 is 17.8 Å². The standard InChI is InChI=1S/C17H16F3NO/c1-11(22)16(21)10-12-6-8-13(9-7-12)14-4-2-3-5-15(14)17(18,19)20/h2-9,16H,10,21H2,1H3. The fourth-order valence-corrected chi connectivity index (χ4v) is 2.20. The third-order valence-electron chi connectivity index (χ3n) is 3.48. The highest BCUT2D eigenvalue weighted by Crippen LogP contribution is 2.36. The predicted octanol–water partition coefficient (Wildman–Crippen LogP) is 3.83. The molecule has 1 unspecified atom stereocenters. The minimum Gasteiger partial charge on any atom is -0.321 e. The second-order valence-corrected chi connectivity index (χ2v) is 5.16. The normalized spacial score (nSPS) is 13.0. The molecule has 0 bridgehead atoms. The van der Waals surface area contributed by atoms with E-state index in [1.54, 1.807) is 30.3 Å². The Labute approximate surface area is 126 Å². The van der Waals surface area contributed by atoms with Crippen LogP contribution >= 0.6 is 0 Å². The summed E-state index contributed by atoms with van der Waals surface area (Å²) >= 11 is 0. The number of benzene rings is 2. The van der Waals surface area contributed by atoms with Crippen molar-refractivity contribution in [2.45, 2.75) is 25.6 Å². The number of ketones is 1. The molecule has 0 aliphatic heterocycles. The Morgan fingerprint density at radius 1 is 1.09 bits per heavy atom. The third kappa shape index (κ3) is 3.74. The molecule has 2 N–H and O–H groups in total.